The van der Waals surface area contributed by atoms with Crippen molar-refractivity contribution in [3.05, 3.63) is 89.5 Å². The lowest BCUT2D eigenvalue weighted by molar-refractivity contribution is -0.255. The molecule has 11 nitrogen and oxygen atoms in total. The third-order valence-corrected chi connectivity index (χ3v) is 9.24. The maximum absolute atomic E-state index is 12.8. The van der Waals surface area contributed by atoms with Gasteiger partial charge in [-0.05, 0) is 48.2 Å². The summed E-state index contributed by atoms with van der Waals surface area (Å²) >= 11 is 0. The second kappa shape index (κ2) is 16.0. The molecule has 11 heteroatoms. The van der Waals surface area contributed by atoms with Gasteiger partial charge in [0.05, 0.1) is 43.4 Å². The van der Waals surface area contributed by atoms with Crippen molar-refractivity contribution in [3.63, 3.8) is 0 Å². The van der Waals surface area contributed by atoms with Gasteiger partial charge in [0, 0.05) is 63.0 Å². The van der Waals surface area contributed by atoms with E-state index in [0.29, 0.717) is 62.4 Å². The first-order valence-electron chi connectivity index (χ1n) is 16.9. The molecule has 0 aliphatic carbocycles. The highest BCUT2D eigenvalue weighted by molar-refractivity contribution is 5.94. The van der Waals surface area contributed by atoms with E-state index >= 15 is 0 Å². The molecule has 3 fully saturated rings. The van der Waals surface area contributed by atoms with Gasteiger partial charge in [-0.15, -0.1) is 0 Å². The number of nitrogens with two attached hydrogens (primary N) is 1. The number of aliphatic hydroxyl groups excluding tert-OH is 1. The molecule has 0 bridgehead atoms. The van der Waals surface area contributed by atoms with E-state index in [-0.39, 0.29) is 30.6 Å². The summed E-state index contributed by atoms with van der Waals surface area (Å²) in [5.74, 6) is -0.678. The first kappa shape index (κ1) is 34.0. The zero-order chi connectivity index (χ0) is 33.3. The normalized spacial score (nSPS) is 22.4. The van der Waals surface area contributed by atoms with Crippen LogP contribution in [0.1, 0.15) is 74.0 Å². The fourth-order valence-corrected chi connectivity index (χ4v) is 6.56. The lowest BCUT2D eigenvalue weighted by Crippen LogP contribution is -2.48. The maximum Gasteiger partial charge on any atom is 0.224 e. The average Bonchev–Trinajstić information content (AvgIpc) is 3.57. The number of carbonyl (C=O) groups is 2. The van der Waals surface area contributed by atoms with Gasteiger partial charge >= 0.3 is 0 Å². The number of hydrogen-bond acceptors (Lipinski definition) is 9. The molecule has 48 heavy (non-hydrogen) atoms. The number of benzene rings is 3. The zero-order valence-electron chi connectivity index (χ0n) is 27.3. The second-order valence-electron chi connectivity index (χ2n) is 12.8. The Morgan fingerprint density at radius 1 is 0.854 bits per heavy atom. The number of unbranched alkanes of at least 4 members (excludes halogenated alkanes) is 1. The molecular formula is C37H46N4O7. The number of likely N-dealkylation sites (tertiary alicyclic amines) is 1. The molecule has 3 aliphatic heterocycles. The Hall–Kier alpha value is -3.84. The van der Waals surface area contributed by atoms with Gasteiger partial charge in [0.2, 0.25) is 11.8 Å². The van der Waals surface area contributed by atoms with Crippen molar-refractivity contribution in [2.75, 3.05) is 49.2 Å². The Balaban J connectivity index is 1.04. The highest BCUT2D eigenvalue weighted by Gasteiger charge is 2.41. The third kappa shape index (κ3) is 8.98. The molecule has 6 rings (SSSR count). The van der Waals surface area contributed by atoms with Gasteiger partial charge < -0.3 is 45.3 Å². The van der Waals surface area contributed by atoms with E-state index in [1.807, 2.05) is 60.7 Å². The molecule has 3 aromatic rings. The van der Waals surface area contributed by atoms with Crippen molar-refractivity contribution in [1.29, 1.82) is 0 Å². The van der Waals surface area contributed by atoms with Crippen LogP contribution in [0.25, 0.3) is 0 Å². The number of para-hydroxylation sites is 2. The van der Waals surface area contributed by atoms with Crippen molar-refractivity contribution in [2.24, 2.45) is 0 Å². The molecule has 3 aliphatic rings. The summed E-state index contributed by atoms with van der Waals surface area (Å²) in [4.78, 5) is 27.5. The van der Waals surface area contributed by atoms with E-state index in [1.165, 1.54) is 0 Å². The van der Waals surface area contributed by atoms with Crippen LogP contribution in [0.5, 0.6) is 0 Å². The topological polar surface area (TPSA) is 145 Å². The predicted molar refractivity (Wildman–Crippen MR) is 182 cm³/mol. The van der Waals surface area contributed by atoms with Crippen molar-refractivity contribution in [1.82, 2.24) is 4.90 Å². The summed E-state index contributed by atoms with van der Waals surface area (Å²) in [5.41, 5.74) is 10.4. The SMILES string of the molecule is Nc1ccccc1NC(=O)CCCCC(=O)Nc1cccc([C@@H]2O[C@H](CN3CCC4(CC3)OCCO4)C[C@H](c3ccc(CO)cc3)O2)c1. The van der Waals surface area contributed by atoms with Crippen molar-refractivity contribution in [3.8, 4) is 0 Å². The summed E-state index contributed by atoms with van der Waals surface area (Å²) in [6, 6.07) is 22.6. The number of ether oxygens (including phenoxy) is 4. The van der Waals surface area contributed by atoms with Crippen molar-refractivity contribution < 1.29 is 33.6 Å². The Morgan fingerprint density at radius 3 is 2.27 bits per heavy atom. The molecule has 0 aromatic heterocycles. The van der Waals surface area contributed by atoms with Crippen LogP contribution in [0.15, 0.2) is 72.8 Å². The molecule has 3 saturated heterocycles. The Kier molecular flexibility index (Phi) is 11.4. The van der Waals surface area contributed by atoms with Crippen LogP contribution in [0.3, 0.4) is 0 Å². The fraction of sp³-hybridized carbons (Fsp3) is 0.459. The molecular weight excluding hydrogens is 612 g/mol. The molecule has 3 heterocycles. The minimum absolute atomic E-state index is 0.0122. The maximum atomic E-state index is 12.8. The van der Waals surface area contributed by atoms with Gasteiger partial charge in [0.1, 0.15) is 0 Å². The number of anilines is 3. The number of rotatable bonds is 12. The molecule has 5 N–H and O–H groups in total. The molecule has 3 aromatic carbocycles. The number of hydrogen-bond donors (Lipinski definition) is 4. The lowest BCUT2D eigenvalue weighted by Gasteiger charge is -2.41. The number of nitrogens with zero attached hydrogens (tertiary/aromatic N) is 1. The van der Waals surface area contributed by atoms with E-state index in [0.717, 1.165) is 49.2 Å². The quantitative estimate of drug-likeness (QED) is 0.151. The lowest BCUT2D eigenvalue weighted by atomic mass is 9.98. The number of nitrogens with one attached hydrogen (secondary N) is 2. The first-order valence-corrected chi connectivity index (χ1v) is 16.9. The predicted octanol–water partition coefficient (Wildman–Crippen LogP) is 5.28. The second-order valence-corrected chi connectivity index (χ2v) is 12.8. The van der Waals surface area contributed by atoms with Gasteiger partial charge in [0.15, 0.2) is 12.1 Å². The van der Waals surface area contributed by atoms with E-state index in [1.54, 1.807) is 12.1 Å². The zero-order valence-corrected chi connectivity index (χ0v) is 27.3. The van der Waals surface area contributed by atoms with Gasteiger partial charge in [-0.25, -0.2) is 0 Å². The molecule has 1 spiro atoms. The van der Waals surface area contributed by atoms with Crippen molar-refractivity contribution >= 4 is 28.9 Å². The smallest absolute Gasteiger partial charge is 0.224 e. The van der Waals surface area contributed by atoms with Gasteiger partial charge in [-0.3, -0.25) is 9.59 Å². The number of aliphatic hydroxyl groups is 1. The minimum atomic E-state index is -0.627. The van der Waals surface area contributed by atoms with Gasteiger partial charge in [0.25, 0.3) is 0 Å². The summed E-state index contributed by atoms with van der Waals surface area (Å²) in [5, 5.41) is 15.3. The van der Waals surface area contributed by atoms with Crippen LogP contribution < -0.4 is 16.4 Å². The third-order valence-electron chi connectivity index (χ3n) is 9.24. The van der Waals surface area contributed by atoms with Crippen LogP contribution in [-0.2, 0) is 35.1 Å². The van der Waals surface area contributed by atoms with Crippen LogP contribution in [0.4, 0.5) is 17.1 Å². The molecule has 3 atom stereocenters. The fourth-order valence-electron chi connectivity index (χ4n) is 6.56. The summed E-state index contributed by atoms with van der Waals surface area (Å²) < 4.78 is 25.0. The molecule has 0 radical (unpaired) electrons. The van der Waals surface area contributed by atoms with Gasteiger partial charge in [-0.2, -0.15) is 0 Å². The number of carbonyl (C=O) groups excluding carboxylic acids is 2. The highest BCUT2D eigenvalue weighted by Crippen LogP contribution is 2.39. The van der Waals surface area contributed by atoms with Gasteiger partial charge in [-0.1, -0.05) is 48.5 Å². The Morgan fingerprint density at radius 2 is 1.56 bits per heavy atom. The number of amides is 2. The number of piperidine rings is 1. The van der Waals surface area contributed by atoms with Crippen LogP contribution in [0, 0.1) is 0 Å². The number of nitrogen functional groups attached to an aromatic ring is 1. The Bertz CT molecular complexity index is 1520. The standard InChI is InChI=1S/C37H46N4O7/c38-31-8-1-2-9-32(31)40-35(44)11-4-3-10-34(43)39-29-7-5-6-28(22-29)36-47-30(23-33(48-36)27-14-12-26(25-42)13-15-27)24-41-18-16-37(17-19-41)45-20-21-46-37/h1-2,5-9,12-15,22,30,33,36,42H,3-4,10-11,16-21,23-25,38H2,(H,39,43)(H,40,44)/t30-,33+,36+/m0/s1. The van der Waals surface area contributed by atoms with Crippen LogP contribution in [0.2, 0.25) is 0 Å². The molecule has 0 saturated carbocycles. The highest BCUT2D eigenvalue weighted by atomic mass is 16.7. The van der Waals surface area contributed by atoms with E-state index < -0.39 is 12.1 Å². The van der Waals surface area contributed by atoms with E-state index in [9.17, 15) is 14.7 Å². The first-order chi connectivity index (χ1) is 23.4. The molecule has 256 valence electrons. The van der Waals surface area contributed by atoms with Crippen molar-refractivity contribution in [2.45, 2.75) is 75.8 Å². The van der Waals surface area contributed by atoms with Crippen LogP contribution >= 0.6 is 0 Å². The summed E-state index contributed by atoms with van der Waals surface area (Å²) in [7, 11) is 0. The van der Waals surface area contributed by atoms with E-state index in [4.69, 9.17) is 24.7 Å². The summed E-state index contributed by atoms with van der Waals surface area (Å²) in [6.07, 6.45) is 3.21. The molecule has 2 amide bonds. The largest absolute Gasteiger partial charge is 0.397 e. The minimum Gasteiger partial charge on any atom is -0.397 e. The Labute approximate surface area is 281 Å². The van der Waals surface area contributed by atoms with Crippen LogP contribution in [-0.4, -0.2) is 66.6 Å². The summed E-state index contributed by atoms with van der Waals surface area (Å²) in [6.45, 7) is 3.80. The van der Waals surface area contributed by atoms with E-state index in [2.05, 4.69) is 15.5 Å². The molecule has 0 unspecified atom stereocenters. The average molecular weight is 659 g/mol. The monoisotopic (exact) mass is 658 g/mol.